The van der Waals surface area contributed by atoms with Gasteiger partial charge in [-0.05, 0) is 24.3 Å². The molecule has 1 aliphatic heterocycles. The minimum atomic E-state index is -0.825. The van der Waals surface area contributed by atoms with Crippen LogP contribution in [0.3, 0.4) is 0 Å². The first-order chi connectivity index (χ1) is 11.6. The first-order valence-electron chi connectivity index (χ1n) is 7.70. The molecule has 0 N–H and O–H groups in total. The van der Waals surface area contributed by atoms with Crippen LogP contribution in [0, 0.1) is 0 Å². The van der Waals surface area contributed by atoms with Crippen LogP contribution in [0.4, 0.5) is 4.79 Å². The van der Waals surface area contributed by atoms with Gasteiger partial charge in [-0.1, -0.05) is 24.1 Å². The molecule has 4 rings (SSSR count). The van der Waals surface area contributed by atoms with Gasteiger partial charge in [-0.25, -0.2) is 9.69 Å². The van der Waals surface area contributed by atoms with Crippen molar-refractivity contribution < 1.29 is 18.9 Å². The van der Waals surface area contributed by atoms with E-state index in [4.69, 9.17) is 4.52 Å². The fourth-order valence-electron chi connectivity index (χ4n) is 3.11. The maximum atomic E-state index is 12.5. The van der Waals surface area contributed by atoms with Crippen molar-refractivity contribution in [1.82, 2.24) is 19.9 Å². The van der Waals surface area contributed by atoms with Crippen LogP contribution in [0.1, 0.15) is 31.5 Å². The largest absolute Gasteiger partial charge is 0.334 e. The number of hydrogen-bond acceptors (Lipinski definition) is 7. The van der Waals surface area contributed by atoms with Gasteiger partial charge in [0.2, 0.25) is 0 Å². The van der Waals surface area contributed by atoms with E-state index in [0.717, 1.165) is 40.4 Å². The van der Waals surface area contributed by atoms with Gasteiger partial charge < -0.3 is 4.52 Å². The van der Waals surface area contributed by atoms with E-state index in [1.54, 1.807) is 0 Å². The Hall–Kier alpha value is -2.55. The van der Waals surface area contributed by atoms with Crippen molar-refractivity contribution in [1.29, 1.82) is 0 Å². The third kappa shape index (κ3) is 2.41. The van der Waals surface area contributed by atoms with Crippen molar-refractivity contribution in [2.75, 3.05) is 0 Å². The van der Waals surface area contributed by atoms with Crippen molar-refractivity contribution in [2.45, 2.75) is 38.3 Å². The summed E-state index contributed by atoms with van der Waals surface area (Å²) in [6, 6.07) is 2.93. The van der Waals surface area contributed by atoms with Crippen LogP contribution < -0.4 is 0 Å². The standard InChI is InChI=1S/C15H14N4O4S/c20-13-14(21)19(9-4-1-2-5-9)15(22)18(13)8-11-16-12(23-17-11)10-6-3-7-24-10/h3,6-7,9H,1-2,4-5,8H2. The molecule has 4 amide bonds. The van der Waals surface area contributed by atoms with Crippen molar-refractivity contribution in [2.24, 2.45) is 0 Å². The molecule has 2 aromatic rings. The number of hydrogen-bond donors (Lipinski definition) is 0. The second-order valence-electron chi connectivity index (χ2n) is 5.78. The monoisotopic (exact) mass is 346 g/mol. The molecule has 2 aromatic heterocycles. The molecular weight excluding hydrogens is 332 g/mol. The average molecular weight is 346 g/mol. The van der Waals surface area contributed by atoms with Crippen molar-refractivity contribution in [3.8, 4) is 10.8 Å². The molecule has 0 bridgehead atoms. The van der Waals surface area contributed by atoms with E-state index in [2.05, 4.69) is 10.1 Å². The van der Waals surface area contributed by atoms with Gasteiger partial charge in [0.1, 0.15) is 0 Å². The number of carbonyl (C=O) groups excluding carboxylic acids is 3. The Balaban J connectivity index is 1.53. The summed E-state index contributed by atoms with van der Waals surface area (Å²) in [7, 11) is 0. The Morgan fingerprint density at radius 3 is 2.71 bits per heavy atom. The molecule has 1 saturated heterocycles. The summed E-state index contributed by atoms with van der Waals surface area (Å²) in [5, 5.41) is 5.68. The molecule has 2 aliphatic rings. The second-order valence-corrected chi connectivity index (χ2v) is 6.73. The summed E-state index contributed by atoms with van der Waals surface area (Å²) in [6.45, 7) is -0.165. The molecule has 1 aliphatic carbocycles. The van der Waals surface area contributed by atoms with Crippen LogP contribution >= 0.6 is 11.3 Å². The fraction of sp³-hybridized carbons (Fsp3) is 0.400. The van der Waals surface area contributed by atoms with Gasteiger partial charge in [0.15, 0.2) is 5.82 Å². The first kappa shape index (κ1) is 15.0. The quantitative estimate of drug-likeness (QED) is 0.621. The van der Waals surface area contributed by atoms with Crippen molar-refractivity contribution in [3.05, 3.63) is 23.3 Å². The number of rotatable bonds is 4. The normalized spacial score (nSPS) is 19.1. The number of nitrogens with zero attached hydrogens (tertiary/aromatic N) is 4. The third-order valence-electron chi connectivity index (χ3n) is 4.27. The highest BCUT2D eigenvalue weighted by molar-refractivity contribution is 7.13. The van der Waals surface area contributed by atoms with Crippen LogP contribution in [-0.2, 0) is 16.1 Å². The van der Waals surface area contributed by atoms with E-state index >= 15 is 0 Å². The van der Waals surface area contributed by atoms with Crippen LogP contribution in [-0.4, -0.2) is 43.8 Å². The first-order valence-corrected chi connectivity index (χ1v) is 8.58. The summed E-state index contributed by atoms with van der Waals surface area (Å²) >= 11 is 1.44. The van der Waals surface area contributed by atoms with Gasteiger partial charge in [-0.2, -0.15) is 4.98 Å². The van der Waals surface area contributed by atoms with Gasteiger partial charge in [-0.3, -0.25) is 14.5 Å². The second kappa shape index (κ2) is 5.82. The SMILES string of the molecule is O=C1C(=O)N(C2CCCC2)C(=O)N1Cc1noc(-c2cccs2)n1. The van der Waals surface area contributed by atoms with E-state index in [-0.39, 0.29) is 18.4 Å². The molecule has 1 saturated carbocycles. The number of carbonyl (C=O) groups is 3. The molecule has 0 radical (unpaired) electrons. The van der Waals surface area contributed by atoms with Gasteiger partial charge in [-0.15, -0.1) is 11.3 Å². The zero-order valence-corrected chi connectivity index (χ0v) is 13.5. The van der Waals surface area contributed by atoms with E-state index in [1.807, 2.05) is 17.5 Å². The predicted octanol–water partition coefficient (Wildman–Crippen LogP) is 2.03. The number of thiophene rings is 1. The molecule has 0 atom stereocenters. The Bertz CT molecular complexity index is 794. The van der Waals surface area contributed by atoms with Gasteiger partial charge in [0.25, 0.3) is 5.89 Å². The summed E-state index contributed by atoms with van der Waals surface area (Å²) in [4.78, 5) is 43.8. The summed E-state index contributed by atoms with van der Waals surface area (Å²) in [6.07, 6.45) is 3.43. The van der Waals surface area contributed by atoms with Crippen LogP contribution in [0.15, 0.2) is 22.0 Å². The van der Waals surface area contributed by atoms with Gasteiger partial charge >= 0.3 is 17.8 Å². The lowest BCUT2D eigenvalue weighted by Crippen LogP contribution is -2.39. The minimum Gasteiger partial charge on any atom is -0.333 e. The Morgan fingerprint density at radius 1 is 1.21 bits per heavy atom. The Morgan fingerprint density at radius 2 is 2.00 bits per heavy atom. The number of imide groups is 2. The zero-order valence-electron chi connectivity index (χ0n) is 12.7. The summed E-state index contributed by atoms with van der Waals surface area (Å²) in [5.74, 6) is -1.05. The lowest BCUT2D eigenvalue weighted by molar-refractivity contribution is -0.144. The highest BCUT2D eigenvalue weighted by atomic mass is 32.1. The van der Waals surface area contributed by atoms with E-state index < -0.39 is 17.8 Å². The smallest absolute Gasteiger partial charge is 0.333 e. The molecule has 0 aromatic carbocycles. The van der Waals surface area contributed by atoms with Crippen LogP contribution in [0.2, 0.25) is 0 Å². The van der Waals surface area contributed by atoms with E-state index in [9.17, 15) is 14.4 Å². The maximum absolute atomic E-state index is 12.5. The molecule has 3 heterocycles. The number of aromatic nitrogens is 2. The van der Waals surface area contributed by atoms with Gasteiger partial charge in [0.05, 0.1) is 11.4 Å². The van der Waals surface area contributed by atoms with Gasteiger partial charge in [0, 0.05) is 6.04 Å². The Labute approximate surface area is 141 Å². The lowest BCUT2D eigenvalue weighted by Gasteiger charge is -2.20. The summed E-state index contributed by atoms with van der Waals surface area (Å²) < 4.78 is 5.14. The third-order valence-corrected chi connectivity index (χ3v) is 5.13. The number of urea groups is 1. The molecule has 2 fully saturated rings. The molecule has 0 spiro atoms. The van der Waals surface area contributed by atoms with Crippen LogP contribution in [0.25, 0.3) is 10.8 Å². The number of amides is 4. The highest BCUT2D eigenvalue weighted by Gasteiger charge is 2.48. The summed E-state index contributed by atoms with van der Waals surface area (Å²) in [5.41, 5.74) is 0. The van der Waals surface area contributed by atoms with Crippen molar-refractivity contribution in [3.63, 3.8) is 0 Å². The lowest BCUT2D eigenvalue weighted by atomic mass is 10.2. The highest BCUT2D eigenvalue weighted by Crippen LogP contribution is 2.28. The maximum Gasteiger partial charge on any atom is 0.334 e. The van der Waals surface area contributed by atoms with Crippen molar-refractivity contribution >= 4 is 29.2 Å². The molecule has 0 unspecified atom stereocenters. The van der Waals surface area contributed by atoms with Crippen LogP contribution in [0.5, 0.6) is 0 Å². The Kier molecular flexibility index (Phi) is 3.64. The fourth-order valence-corrected chi connectivity index (χ4v) is 3.75. The molecule has 9 heteroatoms. The van der Waals surface area contributed by atoms with E-state index in [1.165, 1.54) is 11.3 Å². The topological polar surface area (TPSA) is 96.6 Å². The average Bonchev–Trinajstić information content (AvgIpc) is 3.33. The minimum absolute atomic E-state index is 0.165. The molecule has 124 valence electrons. The van der Waals surface area contributed by atoms with E-state index in [0.29, 0.717) is 5.89 Å². The molecule has 24 heavy (non-hydrogen) atoms. The predicted molar refractivity (Wildman–Crippen MR) is 82.7 cm³/mol. The molecule has 8 nitrogen and oxygen atoms in total. The zero-order chi connectivity index (χ0) is 16.7. The molecular formula is C15H14N4O4S.